The van der Waals surface area contributed by atoms with Crippen molar-refractivity contribution < 1.29 is 28.7 Å². The molecular formula is C30H43N5O6S. The monoisotopic (exact) mass is 601 g/mol. The predicted molar refractivity (Wildman–Crippen MR) is 157 cm³/mol. The molecular weight excluding hydrogens is 558 g/mol. The largest absolute Gasteiger partial charge is 0.469 e. The zero-order valence-electron chi connectivity index (χ0n) is 25.6. The number of nitrogens with zero attached hydrogens (tertiary/aromatic N) is 4. The number of methoxy groups -OCH3 is 1. The van der Waals surface area contributed by atoms with Gasteiger partial charge in [0, 0.05) is 63.1 Å². The van der Waals surface area contributed by atoms with Gasteiger partial charge in [-0.3, -0.25) is 19.2 Å². The fourth-order valence-electron chi connectivity index (χ4n) is 4.86. The molecule has 0 saturated heterocycles. The van der Waals surface area contributed by atoms with E-state index in [1.54, 1.807) is 36.6 Å². The summed E-state index contributed by atoms with van der Waals surface area (Å²) in [6.45, 7) is 9.03. The van der Waals surface area contributed by atoms with Crippen molar-refractivity contribution in [1.82, 2.24) is 25.2 Å². The number of carbonyl (C=O) groups is 4. The molecule has 2 amide bonds. The zero-order chi connectivity index (χ0) is 31.0. The highest BCUT2D eigenvalue weighted by Gasteiger charge is 2.33. The normalized spacial score (nSPS) is 15.8. The molecule has 42 heavy (non-hydrogen) atoms. The van der Waals surface area contributed by atoms with Crippen LogP contribution in [-0.2, 0) is 30.3 Å². The minimum Gasteiger partial charge on any atom is -0.469 e. The standard InChI is InChI=1S/C30H43N5O6S/c1-17(2)24(35(6)27(37)11-21-8-9-21)13-25(41-20(5)36)29-34-23(16-42-29)28(38)33-22(10-19(4)30(39)40-7)12-26-31-14-18(3)15-32-26/h14-17,19,21-22,24-25H,8-13H2,1-7H3,(H,33,38)/t19?,22-,24?,25?/m1/s1. The van der Waals surface area contributed by atoms with Gasteiger partial charge in [-0.25, -0.2) is 15.0 Å². The maximum absolute atomic E-state index is 13.3. The minimum atomic E-state index is -0.714. The number of rotatable bonds is 15. The highest BCUT2D eigenvalue weighted by Crippen LogP contribution is 2.35. The van der Waals surface area contributed by atoms with E-state index in [1.807, 2.05) is 20.8 Å². The van der Waals surface area contributed by atoms with Crippen LogP contribution in [0.5, 0.6) is 0 Å². The van der Waals surface area contributed by atoms with Gasteiger partial charge in [0.25, 0.3) is 5.91 Å². The number of esters is 2. The van der Waals surface area contributed by atoms with E-state index < -0.39 is 29.9 Å². The van der Waals surface area contributed by atoms with Gasteiger partial charge in [0.05, 0.1) is 13.0 Å². The Kier molecular flexibility index (Phi) is 12.0. The van der Waals surface area contributed by atoms with E-state index in [9.17, 15) is 19.2 Å². The SMILES string of the molecule is COC(=O)C(C)C[C@H](Cc1ncc(C)cn1)NC(=O)c1csc(C(CC(C(C)C)N(C)C(=O)CC2CC2)OC(C)=O)n1. The van der Waals surface area contributed by atoms with Gasteiger partial charge in [-0.1, -0.05) is 20.8 Å². The second kappa shape index (κ2) is 15.2. The first-order valence-corrected chi connectivity index (χ1v) is 15.3. The molecule has 0 bridgehead atoms. The van der Waals surface area contributed by atoms with Crippen molar-refractivity contribution in [3.05, 3.63) is 39.9 Å². The van der Waals surface area contributed by atoms with Crippen LogP contribution in [0.3, 0.4) is 0 Å². The van der Waals surface area contributed by atoms with Crippen LogP contribution in [0.25, 0.3) is 0 Å². The molecule has 2 heterocycles. The van der Waals surface area contributed by atoms with Crippen molar-refractivity contribution in [2.24, 2.45) is 17.8 Å². The van der Waals surface area contributed by atoms with Gasteiger partial charge in [-0.05, 0) is 43.6 Å². The molecule has 1 aliphatic rings. The Morgan fingerprint density at radius 3 is 2.36 bits per heavy atom. The quantitative estimate of drug-likeness (QED) is 0.299. The number of amides is 2. The highest BCUT2D eigenvalue weighted by molar-refractivity contribution is 7.09. The number of ether oxygens (including phenoxy) is 2. The number of hydrogen-bond acceptors (Lipinski definition) is 10. The summed E-state index contributed by atoms with van der Waals surface area (Å²) in [4.78, 5) is 65.4. The van der Waals surface area contributed by atoms with Gasteiger partial charge in [-0.15, -0.1) is 11.3 Å². The van der Waals surface area contributed by atoms with Crippen molar-refractivity contribution in [1.29, 1.82) is 0 Å². The Bertz CT molecular complexity index is 1230. The number of aromatic nitrogens is 3. The van der Waals surface area contributed by atoms with Crippen LogP contribution in [0.4, 0.5) is 0 Å². The van der Waals surface area contributed by atoms with E-state index in [-0.39, 0.29) is 29.5 Å². The molecule has 0 aliphatic heterocycles. The lowest BCUT2D eigenvalue weighted by molar-refractivity contribution is -0.148. The van der Waals surface area contributed by atoms with Crippen molar-refractivity contribution in [2.45, 2.75) is 91.3 Å². The van der Waals surface area contributed by atoms with Gasteiger partial charge < -0.3 is 19.7 Å². The molecule has 1 N–H and O–H groups in total. The predicted octanol–water partition coefficient (Wildman–Crippen LogP) is 4.06. The lowest BCUT2D eigenvalue weighted by Gasteiger charge is -2.33. The van der Waals surface area contributed by atoms with Crippen LogP contribution in [-0.4, -0.2) is 69.8 Å². The van der Waals surface area contributed by atoms with Crippen LogP contribution in [0.15, 0.2) is 17.8 Å². The lowest BCUT2D eigenvalue weighted by Crippen LogP contribution is -2.42. The smallest absolute Gasteiger partial charge is 0.308 e. The van der Waals surface area contributed by atoms with Crippen molar-refractivity contribution in [3.63, 3.8) is 0 Å². The van der Waals surface area contributed by atoms with E-state index in [0.29, 0.717) is 42.4 Å². The van der Waals surface area contributed by atoms with Crippen LogP contribution in [0, 0.1) is 24.7 Å². The second-order valence-corrected chi connectivity index (χ2v) is 12.5. The van der Waals surface area contributed by atoms with Crippen molar-refractivity contribution >= 4 is 35.1 Å². The molecule has 230 valence electrons. The maximum atomic E-state index is 13.3. The van der Waals surface area contributed by atoms with Gasteiger partial charge in [0.15, 0.2) is 6.10 Å². The van der Waals surface area contributed by atoms with Crippen molar-refractivity contribution in [2.75, 3.05) is 14.2 Å². The van der Waals surface area contributed by atoms with Gasteiger partial charge in [0.2, 0.25) is 5.91 Å². The number of carbonyl (C=O) groups excluding carboxylic acids is 4. The summed E-state index contributed by atoms with van der Waals surface area (Å²) in [6, 6.07) is -0.638. The molecule has 3 rings (SSSR count). The van der Waals surface area contributed by atoms with Crippen LogP contribution in [0.2, 0.25) is 0 Å². The minimum absolute atomic E-state index is 0.0850. The molecule has 4 atom stereocenters. The summed E-state index contributed by atoms with van der Waals surface area (Å²) in [6.07, 6.45) is 6.40. The van der Waals surface area contributed by atoms with E-state index >= 15 is 0 Å². The number of hydrogen-bond donors (Lipinski definition) is 1. The van der Waals surface area contributed by atoms with Crippen LogP contribution >= 0.6 is 11.3 Å². The molecule has 2 aromatic rings. The van der Waals surface area contributed by atoms with Gasteiger partial charge in [0.1, 0.15) is 16.5 Å². The highest BCUT2D eigenvalue weighted by atomic mass is 32.1. The number of thiazole rings is 1. The topological polar surface area (TPSA) is 141 Å². The number of nitrogens with one attached hydrogen (secondary N) is 1. The van der Waals surface area contributed by atoms with E-state index in [1.165, 1.54) is 25.4 Å². The molecule has 0 aromatic carbocycles. The lowest BCUT2D eigenvalue weighted by atomic mass is 9.96. The molecule has 0 spiro atoms. The van der Waals surface area contributed by atoms with Gasteiger partial charge in [-0.2, -0.15) is 0 Å². The fraction of sp³-hybridized carbons (Fsp3) is 0.633. The Morgan fingerprint density at radius 1 is 1.12 bits per heavy atom. The molecule has 1 aliphatic carbocycles. The summed E-state index contributed by atoms with van der Waals surface area (Å²) >= 11 is 1.23. The summed E-state index contributed by atoms with van der Waals surface area (Å²) in [7, 11) is 3.13. The van der Waals surface area contributed by atoms with Crippen LogP contribution < -0.4 is 5.32 Å². The Hall–Kier alpha value is -3.41. The first-order valence-electron chi connectivity index (χ1n) is 14.4. The first kappa shape index (κ1) is 33.1. The third kappa shape index (κ3) is 9.85. The van der Waals surface area contributed by atoms with Gasteiger partial charge >= 0.3 is 11.9 Å². The summed E-state index contributed by atoms with van der Waals surface area (Å²) in [5.41, 5.74) is 1.09. The second-order valence-electron chi connectivity index (χ2n) is 11.6. The Morgan fingerprint density at radius 2 is 1.79 bits per heavy atom. The molecule has 2 aromatic heterocycles. The summed E-state index contributed by atoms with van der Waals surface area (Å²) in [5, 5.41) is 5.07. The summed E-state index contributed by atoms with van der Waals surface area (Å²) < 4.78 is 10.5. The molecule has 12 heteroatoms. The average Bonchev–Trinajstić information content (AvgIpc) is 3.61. The summed E-state index contributed by atoms with van der Waals surface area (Å²) in [5.74, 6) is -0.526. The van der Waals surface area contributed by atoms with Crippen molar-refractivity contribution in [3.8, 4) is 0 Å². The first-order chi connectivity index (χ1) is 19.9. The zero-order valence-corrected chi connectivity index (χ0v) is 26.4. The molecule has 1 saturated carbocycles. The Balaban J connectivity index is 1.76. The van der Waals surface area contributed by atoms with Crippen LogP contribution in [0.1, 0.15) is 92.8 Å². The number of aryl methyl sites for hydroxylation is 1. The van der Waals surface area contributed by atoms with E-state index in [4.69, 9.17) is 9.47 Å². The Labute approximate surface area is 251 Å². The third-order valence-corrected chi connectivity index (χ3v) is 8.39. The molecule has 3 unspecified atom stereocenters. The van der Waals surface area contributed by atoms with E-state index in [2.05, 4.69) is 20.3 Å². The molecule has 1 fully saturated rings. The maximum Gasteiger partial charge on any atom is 0.308 e. The third-order valence-electron chi connectivity index (χ3n) is 7.45. The average molecular weight is 602 g/mol. The fourth-order valence-corrected chi connectivity index (χ4v) is 5.70. The molecule has 11 nitrogen and oxygen atoms in total. The molecule has 0 radical (unpaired) electrons. The van der Waals surface area contributed by atoms with E-state index in [0.717, 1.165) is 18.4 Å².